The van der Waals surface area contributed by atoms with E-state index in [-0.39, 0.29) is 23.5 Å². The van der Waals surface area contributed by atoms with Crippen LogP contribution in [0.5, 0.6) is 0 Å². The van der Waals surface area contributed by atoms with Crippen LogP contribution >= 0.6 is 0 Å². The molecule has 5 nitrogen and oxygen atoms in total. The molecule has 0 spiro atoms. The summed E-state index contributed by atoms with van der Waals surface area (Å²) in [6, 6.07) is 6.56. The summed E-state index contributed by atoms with van der Waals surface area (Å²) < 4.78 is 22.2. The molecule has 0 amide bonds. The lowest BCUT2D eigenvalue weighted by Crippen LogP contribution is -2.26. The summed E-state index contributed by atoms with van der Waals surface area (Å²) in [5.41, 5.74) is 0.979. The third kappa shape index (κ3) is 4.38. The fourth-order valence-electron chi connectivity index (χ4n) is 1.51. The third-order valence-electron chi connectivity index (χ3n) is 2.79. The molecule has 1 rings (SSSR count). The van der Waals surface area contributed by atoms with Crippen LogP contribution in [-0.2, 0) is 10.0 Å². The second-order valence-electron chi connectivity index (χ2n) is 4.53. The van der Waals surface area contributed by atoms with Crippen molar-refractivity contribution in [2.45, 2.75) is 24.8 Å². The highest BCUT2D eigenvalue weighted by molar-refractivity contribution is 7.89. The van der Waals surface area contributed by atoms with Gasteiger partial charge in [-0.25, -0.2) is 13.6 Å². The Hall–Kier alpha value is -0.950. The topological polar surface area (TPSA) is 92.4 Å². The summed E-state index contributed by atoms with van der Waals surface area (Å²) in [5, 5.41) is 17.2. The van der Waals surface area contributed by atoms with E-state index in [1.54, 1.807) is 12.1 Å². The van der Waals surface area contributed by atoms with Crippen molar-refractivity contribution in [2.24, 2.45) is 11.1 Å². The first-order valence-corrected chi connectivity index (χ1v) is 7.36. The molecule has 102 valence electrons. The van der Waals surface area contributed by atoms with Gasteiger partial charge in [-0.2, -0.15) is 0 Å². The lowest BCUT2D eigenvalue weighted by Gasteiger charge is -2.17. The van der Waals surface area contributed by atoms with Crippen LogP contribution in [0.4, 0.5) is 0 Å². The largest absolute Gasteiger partial charge is 0.396 e. The summed E-state index contributed by atoms with van der Waals surface area (Å²) in [6.07, 6.45) is 0. The zero-order valence-corrected chi connectivity index (χ0v) is 11.4. The molecule has 0 aliphatic rings. The lowest BCUT2D eigenvalue weighted by molar-refractivity contribution is 0.231. The quantitative estimate of drug-likeness (QED) is 0.707. The van der Waals surface area contributed by atoms with Crippen molar-refractivity contribution >= 4 is 10.0 Å². The van der Waals surface area contributed by atoms with Crippen LogP contribution in [0.1, 0.15) is 25.5 Å². The van der Waals surface area contributed by atoms with Crippen molar-refractivity contribution in [2.75, 3.05) is 13.2 Å². The first-order valence-electron chi connectivity index (χ1n) is 5.81. The maximum atomic E-state index is 11.1. The number of rotatable bonds is 6. The van der Waals surface area contributed by atoms with E-state index < -0.39 is 10.0 Å². The molecule has 2 unspecified atom stereocenters. The molecule has 0 heterocycles. The first kappa shape index (κ1) is 15.1. The zero-order valence-electron chi connectivity index (χ0n) is 10.6. The Morgan fingerprint density at radius 1 is 1.28 bits per heavy atom. The number of aliphatic hydroxyl groups excluding tert-OH is 1. The van der Waals surface area contributed by atoms with Crippen LogP contribution in [0.25, 0.3) is 0 Å². The van der Waals surface area contributed by atoms with Crippen LogP contribution in [-0.4, -0.2) is 26.7 Å². The standard InChI is InChI=1S/C12H20N2O3S/c1-9(8-15)7-14-10(2)11-3-5-12(6-4-11)18(13,16)17/h3-6,9-10,14-15H,7-8H2,1-2H3,(H2,13,16,17). The molecule has 18 heavy (non-hydrogen) atoms. The van der Waals surface area contributed by atoms with Crippen LogP contribution in [0.15, 0.2) is 29.2 Å². The fourth-order valence-corrected chi connectivity index (χ4v) is 2.02. The maximum Gasteiger partial charge on any atom is 0.238 e. The van der Waals surface area contributed by atoms with Gasteiger partial charge in [-0.15, -0.1) is 0 Å². The van der Waals surface area contributed by atoms with E-state index in [4.69, 9.17) is 10.2 Å². The summed E-state index contributed by atoms with van der Waals surface area (Å²) in [7, 11) is -3.63. The minimum atomic E-state index is -3.63. The summed E-state index contributed by atoms with van der Waals surface area (Å²) in [6.45, 7) is 4.78. The van der Waals surface area contributed by atoms with Crippen LogP contribution in [0.3, 0.4) is 0 Å². The molecule has 0 aliphatic heterocycles. The van der Waals surface area contributed by atoms with Crippen molar-refractivity contribution in [3.63, 3.8) is 0 Å². The fraction of sp³-hybridized carbons (Fsp3) is 0.500. The molecule has 2 atom stereocenters. The van der Waals surface area contributed by atoms with Gasteiger partial charge in [-0.05, 0) is 30.5 Å². The minimum Gasteiger partial charge on any atom is -0.396 e. The van der Waals surface area contributed by atoms with Gasteiger partial charge in [0.1, 0.15) is 0 Å². The molecule has 4 N–H and O–H groups in total. The molecular formula is C12H20N2O3S. The monoisotopic (exact) mass is 272 g/mol. The smallest absolute Gasteiger partial charge is 0.238 e. The Balaban J connectivity index is 2.68. The van der Waals surface area contributed by atoms with Crippen molar-refractivity contribution in [1.82, 2.24) is 5.32 Å². The van der Waals surface area contributed by atoms with E-state index in [0.717, 1.165) is 5.56 Å². The van der Waals surface area contributed by atoms with Crippen LogP contribution in [0, 0.1) is 5.92 Å². The predicted molar refractivity (Wildman–Crippen MR) is 70.5 cm³/mol. The summed E-state index contributed by atoms with van der Waals surface area (Å²) >= 11 is 0. The third-order valence-corrected chi connectivity index (χ3v) is 3.72. The number of nitrogens with one attached hydrogen (secondary N) is 1. The van der Waals surface area contributed by atoms with Crippen LogP contribution < -0.4 is 10.5 Å². The molecule has 0 bridgehead atoms. The molecule has 0 saturated heterocycles. The number of hydrogen-bond acceptors (Lipinski definition) is 4. The zero-order chi connectivity index (χ0) is 13.8. The van der Waals surface area contributed by atoms with E-state index >= 15 is 0 Å². The number of aliphatic hydroxyl groups is 1. The van der Waals surface area contributed by atoms with Gasteiger partial charge >= 0.3 is 0 Å². The van der Waals surface area contributed by atoms with Gasteiger partial charge in [-0.3, -0.25) is 0 Å². The van der Waals surface area contributed by atoms with Crippen molar-refractivity contribution in [3.05, 3.63) is 29.8 Å². The summed E-state index contributed by atoms with van der Waals surface area (Å²) in [4.78, 5) is 0.113. The molecular weight excluding hydrogens is 252 g/mol. The average molecular weight is 272 g/mol. The van der Waals surface area contributed by atoms with Gasteiger partial charge in [0, 0.05) is 19.2 Å². The molecule has 0 radical (unpaired) electrons. The highest BCUT2D eigenvalue weighted by Gasteiger charge is 2.10. The number of nitrogens with two attached hydrogens (primary N) is 1. The number of primary sulfonamides is 1. The molecule has 0 saturated carbocycles. The van der Waals surface area contributed by atoms with Crippen molar-refractivity contribution in [3.8, 4) is 0 Å². The van der Waals surface area contributed by atoms with E-state index in [2.05, 4.69) is 5.32 Å². The van der Waals surface area contributed by atoms with E-state index in [1.165, 1.54) is 12.1 Å². The lowest BCUT2D eigenvalue weighted by atomic mass is 10.1. The second kappa shape index (κ2) is 6.29. The van der Waals surface area contributed by atoms with Crippen molar-refractivity contribution in [1.29, 1.82) is 0 Å². The predicted octanol–water partition coefficient (Wildman–Crippen LogP) is 0.613. The number of benzene rings is 1. The normalized spacial score (nSPS) is 15.3. The molecule has 1 aromatic rings. The van der Waals surface area contributed by atoms with Crippen molar-refractivity contribution < 1.29 is 13.5 Å². The van der Waals surface area contributed by atoms with E-state index in [9.17, 15) is 8.42 Å². The van der Waals surface area contributed by atoms with Gasteiger partial charge in [0.25, 0.3) is 0 Å². The second-order valence-corrected chi connectivity index (χ2v) is 6.09. The summed E-state index contributed by atoms with van der Waals surface area (Å²) in [5.74, 6) is 0.191. The Bertz CT molecular complexity index is 471. The average Bonchev–Trinajstić information content (AvgIpc) is 2.34. The Labute approximate surface area is 108 Å². The van der Waals surface area contributed by atoms with Gasteiger partial charge in [0.15, 0.2) is 0 Å². The number of hydrogen-bond donors (Lipinski definition) is 3. The van der Waals surface area contributed by atoms with E-state index in [1.807, 2.05) is 13.8 Å². The van der Waals surface area contributed by atoms with Gasteiger partial charge in [-0.1, -0.05) is 19.1 Å². The van der Waals surface area contributed by atoms with Gasteiger partial charge < -0.3 is 10.4 Å². The highest BCUT2D eigenvalue weighted by atomic mass is 32.2. The maximum absolute atomic E-state index is 11.1. The van der Waals surface area contributed by atoms with Crippen LogP contribution in [0.2, 0.25) is 0 Å². The first-order chi connectivity index (χ1) is 8.34. The Morgan fingerprint density at radius 2 is 1.83 bits per heavy atom. The molecule has 0 aliphatic carbocycles. The minimum absolute atomic E-state index is 0.0912. The number of sulfonamides is 1. The Kier molecular flexibility index (Phi) is 5.28. The SMILES string of the molecule is CC(CO)CNC(C)c1ccc(S(N)(=O)=O)cc1. The molecule has 0 fully saturated rings. The van der Waals surface area contributed by atoms with E-state index in [0.29, 0.717) is 6.54 Å². The molecule has 0 aromatic heterocycles. The van der Waals surface area contributed by atoms with Gasteiger partial charge in [0.2, 0.25) is 10.0 Å². The molecule has 6 heteroatoms. The Morgan fingerprint density at radius 3 is 2.28 bits per heavy atom. The van der Waals surface area contributed by atoms with Gasteiger partial charge in [0.05, 0.1) is 4.90 Å². The highest BCUT2D eigenvalue weighted by Crippen LogP contribution is 2.15. The molecule has 1 aromatic carbocycles.